The summed E-state index contributed by atoms with van der Waals surface area (Å²) in [6.07, 6.45) is 6.99. The van der Waals surface area contributed by atoms with Crippen molar-refractivity contribution in [3.8, 4) is 0 Å². The average Bonchev–Trinajstić information content (AvgIpc) is 3.04. The van der Waals surface area contributed by atoms with Crippen LogP contribution in [0.1, 0.15) is 59.4 Å². The third kappa shape index (κ3) is 9.97. The number of nitrogens with one attached hydrogen (secondary N) is 1. The molecule has 5 N–H and O–H groups in total. The number of hydrogen-bond acceptors (Lipinski definition) is 4. The van der Waals surface area contributed by atoms with Crippen molar-refractivity contribution in [3.63, 3.8) is 0 Å². The fourth-order valence-electron chi connectivity index (χ4n) is 3.41. The number of benzene rings is 1. The molecule has 0 spiro atoms. The maximum absolute atomic E-state index is 5.79. The van der Waals surface area contributed by atoms with Gasteiger partial charge in [-0.15, -0.1) is 0 Å². The van der Waals surface area contributed by atoms with Gasteiger partial charge in [-0.05, 0) is 63.1 Å². The molecule has 29 heavy (non-hydrogen) atoms. The quantitative estimate of drug-likeness (QED) is 0.271. The summed E-state index contributed by atoms with van der Waals surface area (Å²) in [5, 5.41) is 3.17. The molecule has 0 heterocycles. The molecule has 0 amide bonds. The molecule has 1 aliphatic carbocycles. The van der Waals surface area contributed by atoms with Gasteiger partial charge in [0.2, 0.25) is 0 Å². The van der Waals surface area contributed by atoms with Gasteiger partial charge in [0.1, 0.15) is 0 Å². The lowest BCUT2D eigenvalue weighted by molar-refractivity contribution is 0.555. The van der Waals surface area contributed by atoms with Crippen molar-refractivity contribution in [3.05, 3.63) is 53.5 Å². The molecule has 0 saturated heterocycles. The van der Waals surface area contributed by atoms with Gasteiger partial charge in [-0.3, -0.25) is 9.98 Å². The number of anilines is 1. The monoisotopic (exact) mass is 397 g/mol. The van der Waals surface area contributed by atoms with Gasteiger partial charge in [-0.25, -0.2) is 0 Å². The summed E-state index contributed by atoms with van der Waals surface area (Å²) in [5.74, 6) is 2.83. The lowest BCUT2D eigenvalue weighted by Crippen LogP contribution is -2.25. The standard InChI is InChI=1S/C17H25N5.C7H14/c1-5-20-13(3)17(12(2)18)22-14(4)21-11-10-15-6-8-16(19)9-7-15;1-6-3-4-7(2)5-6/h5-9H,2,10-11,18-19H2,1,3-4H3,(H,21,22);6-7H,3-5H2,1-2H3/b17-13+,20-5?;. The largest absolute Gasteiger partial charge is 0.399 e. The van der Waals surface area contributed by atoms with Gasteiger partial charge < -0.3 is 16.8 Å². The molecule has 1 fully saturated rings. The van der Waals surface area contributed by atoms with Crippen LogP contribution in [0, 0.1) is 11.8 Å². The lowest BCUT2D eigenvalue weighted by Gasteiger charge is -2.12. The van der Waals surface area contributed by atoms with E-state index >= 15 is 0 Å². The Morgan fingerprint density at radius 3 is 2.21 bits per heavy atom. The minimum Gasteiger partial charge on any atom is -0.399 e. The van der Waals surface area contributed by atoms with Crippen LogP contribution < -0.4 is 16.8 Å². The van der Waals surface area contributed by atoms with Crippen LogP contribution in [-0.2, 0) is 6.42 Å². The highest BCUT2D eigenvalue weighted by atomic mass is 15.0. The van der Waals surface area contributed by atoms with Gasteiger partial charge in [0.25, 0.3) is 0 Å². The Labute approximate surface area is 177 Å². The molecule has 5 nitrogen and oxygen atoms in total. The van der Waals surface area contributed by atoms with E-state index in [1.54, 1.807) is 6.21 Å². The van der Waals surface area contributed by atoms with Crippen LogP contribution in [0.2, 0.25) is 0 Å². The first-order valence-corrected chi connectivity index (χ1v) is 10.5. The molecule has 160 valence electrons. The van der Waals surface area contributed by atoms with E-state index in [9.17, 15) is 0 Å². The van der Waals surface area contributed by atoms with Gasteiger partial charge in [0.15, 0.2) is 0 Å². The average molecular weight is 398 g/mol. The number of allylic oxidation sites excluding steroid dienone is 1. The molecule has 0 bridgehead atoms. The van der Waals surface area contributed by atoms with Crippen molar-refractivity contribution in [2.75, 3.05) is 12.3 Å². The van der Waals surface area contributed by atoms with E-state index < -0.39 is 0 Å². The Hall–Kier alpha value is -2.56. The van der Waals surface area contributed by atoms with E-state index in [1.165, 1.54) is 24.8 Å². The minimum absolute atomic E-state index is 0.441. The SMILES string of the molecule is C=C(N)/C(NC(C)=NCCc1ccc(N)cc1)=C(/C)N=CC.CC1CCC(C)C1. The zero-order valence-electron chi connectivity index (χ0n) is 18.8. The summed E-state index contributed by atoms with van der Waals surface area (Å²) >= 11 is 0. The van der Waals surface area contributed by atoms with Crippen LogP contribution in [0.3, 0.4) is 0 Å². The van der Waals surface area contributed by atoms with Crippen LogP contribution in [0.15, 0.2) is 57.9 Å². The van der Waals surface area contributed by atoms with Crippen LogP contribution in [0.25, 0.3) is 0 Å². The van der Waals surface area contributed by atoms with E-state index in [-0.39, 0.29) is 0 Å². The second kappa shape index (κ2) is 12.8. The fourth-order valence-corrected chi connectivity index (χ4v) is 3.41. The Balaban J connectivity index is 0.000000502. The fraction of sp³-hybridized carbons (Fsp3) is 0.500. The van der Waals surface area contributed by atoms with Gasteiger partial charge in [-0.1, -0.05) is 45.4 Å². The van der Waals surface area contributed by atoms with Crippen LogP contribution >= 0.6 is 0 Å². The second-order valence-corrected chi connectivity index (χ2v) is 7.98. The molecule has 2 rings (SSSR count). The summed E-state index contributed by atoms with van der Waals surface area (Å²) in [5.41, 5.74) is 15.4. The van der Waals surface area contributed by atoms with Crippen LogP contribution in [0.5, 0.6) is 0 Å². The molecule has 0 aromatic heterocycles. The van der Waals surface area contributed by atoms with Crippen molar-refractivity contribution in [2.24, 2.45) is 27.6 Å². The number of nitrogens with two attached hydrogens (primary N) is 2. The number of nitrogen functional groups attached to an aromatic ring is 1. The first-order chi connectivity index (χ1) is 13.7. The number of hydrogen-bond donors (Lipinski definition) is 3. The Morgan fingerprint density at radius 2 is 1.76 bits per heavy atom. The highest BCUT2D eigenvalue weighted by Crippen LogP contribution is 2.29. The normalized spacial score (nSPS) is 20.1. The molecule has 2 unspecified atom stereocenters. The molecule has 1 aromatic rings. The molecule has 0 aliphatic heterocycles. The Morgan fingerprint density at radius 1 is 1.17 bits per heavy atom. The predicted octanol–water partition coefficient (Wildman–Crippen LogP) is 5.06. The van der Waals surface area contributed by atoms with E-state index in [1.807, 2.05) is 45.0 Å². The lowest BCUT2D eigenvalue weighted by atomic mass is 10.1. The summed E-state index contributed by atoms with van der Waals surface area (Å²) < 4.78 is 0. The third-order valence-corrected chi connectivity index (χ3v) is 5.00. The first kappa shape index (κ1) is 24.5. The minimum atomic E-state index is 0.441. The summed E-state index contributed by atoms with van der Waals surface area (Å²) in [6.45, 7) is 14.8. The number of nitrogens with zero attached hydrogens (tertiary/aromatic N) is 2. The highest BCUT2D eigenvalue weighted by Gasteiger charge is 2.15. The summed E-state index contributed by atoms with van der Waals surface area (Å²) in [7, 11) is 0. The van der Waals surface area contributed by atoms with Crippen molar-refractivity contribution in [2.45, 2.75) is 60.3 Å². The Bertz CT molecular complexity index is 720. The van der Waals surface area contributed by atoms with Gasteiger partial charge in [-0.2, -0.15) is 0 Å². The van der Waals surface area contributed by atoms with E-state index in [4.69, 9.17) is 11.5 Å². The molecule has 1 aliphatic rings. The number of aliphatic imine (C=N–C) groups is 2. The zero-order chi connectivity index (χ0) is 21.8. The summed E-state index contributed by atoms with van der Waals surface area (Å²) in [6, 6.07) is 7.83. The van der Waals surface area contributed by atoms with Gasteiger partial charge in [0.05, 0.1) is 17.2 Å². The van der Waals surface area contributed by atoms with Gasteiger partial charge in [0, 0.05) is 24.1 Å². The van der Waals surface area contributed by atoms with Crippen LogP contribution in [0.4, 0.5) is 5.69 Å². The maximum Gasteiger partial charge on any atom is 0.0976 e. The first-order valence-electron chi connectivity index (χ1n) is 10.5. The topological polar surface area (TPSA) is 88.8 Å². The van der Waals surface area contributed by atoms with Crippen molar-refractivity contribution in [1.29, 1.82) is 0 Å². The predicted molar refractivity (Wildman–Crippen MR) is 128 cm³/mol. The highest BCUT2D eigenvalue weighted by molar-refractivity contribution is 5.82. The number of rotatable bonds is 6. The summed E-state index contributed by atoms with van der Waals surface area (Å²) in [4.78, 5) is 8.72. The van der Waals surface area contributed by atoms with E-state index in [0.29, 0.717) is 17.9 Å². The molecule has 1 saturated carbocycles. The smallest absolute Gasteiger partial charge is 0.0976 e. The third-order valence-electron chi connectivity index (χ3n) is 5.00. The van der Waals surface area contributed by atoms with Crippen molar-refractivity contribution >= 4 is 17.7 Å². The number of amidine groups is 1. The molecule has 1 aromatic carbocycles. The molecular formula is C24H39N5. The van der Waals surface area contributed by atoms with Gasteiger partial charge >= 0.3 is 0 Å². The zero-order valence-corrected chi connectivity index (χ0v) is 18.8. The Kier molecular flexibility index (Phi) is 10.8. The van der Waals surface area contributed by atoms with Crippen molar-refractivity contribution in [1.82, 2.24) is 5.32 Å². The molecule has 5 heteroatoms. The molecular weight excluding hydrogens is 358 g/mol. The van der Waals surface area contributed by atoms with E-state index in [2.05, 4.69) is 35.7 Å². The van der Waals surface area contributed by atoms with Crippen LogP contribution in [-0.4, -0.2) is 18.6 Å². The molecule has 0 radical (unpaired) electrons. The molecule has 2 atom stereocenters. The maximum atomic E-state index is 5.79. The van der Waals surface area contributed by atoms with Crippen molar-refractivity contribution < 1.29 is 0 Å². The van der Waals surface area contributed by atoms with E-state index in [0.717, 1.165) is 35.5 Å². The second-order valence-electron chi connectivity index (χ2n) is 7.98.